The van der Waals surface area contributed by atoms with Crippen molar-refractivity contribution in [1.82, 2.24) is 0 Å². The van der Waals surface area contributed by atoms with E-state index in [4.69, 9.17) is 9.05 Å². The van der Waals surface area contributed by atoms with Gasteiger partial charge in [-0.3, -0.25) is 4.79 Å². The molecule has 0 aliphatic rings. The maximum Gasteiger partial charge on any atom is 0.649 e. The van der Waals surface area contributed by atoms with Crippen molar-refractivity contribution in [1.29, 1.82) is 0 Å². The summed E-state index contributed by atoms with van der Waals surface area (Å²) in [5.41, 5.74) is 0. The van der Waals surface area contributed by atoms with Crippen LogP contribution in [0.3, 0.4) is 0 Å². The molecule has 0 aromatic heterocycles. The first-order valence-corrected chi connectivity index (χ1v) is 6.89. The Morgan fingerprint density at radius 3 is 1.58 bits per heavy atom. The van der Waals surface area contributed by atoms with Crippen molar-refractivity contribution in [2.75, 3.05) is 0 Å². The van der Waals surface area contributed by atoms with E-state index in [2.05, 4.69) is 4.52 Å². The molecule has 2 rings (SSSR count). The lowest BCUT2D eigenvalue weighted by molar-refractivity contribution is -0.121. The van der Waals surface area contributed by atoms with E-state index in [1.54, 1.807) is 60.7 Å². The zero-order valence-electron chi connectivity index (χ0n) is 9.84. The minimum absolute atomic E-state index is 0.0344. The highest BCUT2D eigenvalue weighted by atomic mass is 31.2. The monoisotopic (exact) mass is 278 g/mol. The smallest absolute Gasteiger partial charge is 0.386 e. The van der Waals surface area contributed by atoms with Gasteiger partial charge in [0.05, 0.1) is 0 Å². The standard InChI is InChI=1S/C13H11O5P/c14-11-16-19(15,17-12-7-3-1-4-8-12)18-13-9-5-2-6-10-13/h1-11H. The number of hydrogen-bond acceptors (Lipinski definition) is 5. The Bertz CT molecular complexity index is 525. The molecule has 0 unspecified atom stereocenters. The van der Waals surface area contributed by atoms with Crippen molar-refractivity contribution in [3.63, 3.8) is 0 Å². The van der Waals surface area contributed by atoms with Crippen LogP contribution in [0, 0.1) is 0 Å². The minimum Gasteiger partial charge on any atom is -0.386 e. The van der Waals surface area contributed by atoms with Crippen LogP contribution in [0.25, 0.3) is 0 Å². The zero-order chi connectivity index (χ0) is 13.6. The van der Waals surface area contributed by atoms with E-state index in [0.717, 1.165) is 0 Å². The molecule has 5 nitrogen and oxygen atoms in total. The third-order valence-corrected chi connectivity index (χ3v) is 3.31. The van der Waals surface area contributed by atoms with Crippen LogP contribution in [0.1, 0.15) is 0 Å². The van der Waals surface area contributed by atoms with Gasteiger partial charge < -0.3 is 13.6 Å². The Hall–Kier alpha value is -2.26. The fourth-order valence-corrected chi connectivity index (χ4v) is 2.32. The maximum absolute atomic E-state index is 12.3. The molecule has 0 aliphatic heterocycles. The molecule has 19 heavy (non-hydrogen) atoms. The van der Waals surface area contributed by atoms with E-state index in [-0.39, 0.29) is 18.0 Å². The van der Waals surface area contributed by atoms with Crippen LogP contribution in [-0.4, -0.2) is 6.47 Å². The van der Waals surface area contributed by atoms with Crippen LogP contribution in [0.2, 0.25) is 0 Å². The van der Waals surface area contributed by atoms with Gasteiger partial charge in [0.15, 0.2) is 0 Å². The lowest BCUT2D eigenvalue weighted by atomic mass is 10.3. The van der Waals surface area contributed by atoms with Gasteiger partial charge in [-0.25, -0.2) is 0 Å². The van der Waals surface area contributed by atoms with E-state index in [1.165, 1.54) is 0 Å². The molecule has 98 valence electrons. The van der Waals surface area contributed by atoms with Crippen molar-refractivity contribution >= 4 is 14.3 Å². The van der Waals surface area contributed by atoms with E-state index in [9.17, 15) is 9.36 Å². The van der Waals surface area contributed by atoms with Crippen molar-refractivity contribution in [3.8, 4) is 11.5 Å². The fraction of sp³-hybridized carbons (Fsp3) is 0. The number of rotatable bonds is 6. The minimum atomic E-state index is -4.03. The normalized spacial score (nSPS) is 10.5. The molecule has 0 saturated heterocycles. The molecule has 0 atom stereocenters. The second-order valence-corrected chi connectivity index (χ2v) is 4.93. The predicted molar refractivity (Wildman–Crippen MR) is 68.9 cm³/mol. The number of phosphoric ester groups is 1. The van der Waals surface area contributed by atoms with Gasteiger partial charge in [0.25, 0.3) is 0 Å². The van der Waals surface area contributed by atoms with Crippen LogP contribution in [0.15, 0.2) is 60.7 Å². The highest BCUT2D eigenvalue weighted by Crippen LogP contribution is 2.48. The summed E-state index contributed by atoms with van der Waals surface area (Å²) < 4.78 is 27.0. The summed E-state index contributed by atoms with van der Waals surface area (Å²) in [6.45, 7) is 0.0344. The molecule has 0 N–H and O–H groups in total. The molecule has 0 fully saturated rings. The fourth-order valence-electron chi connectivity index (χ4n) is 1.34. The van der Waals surface area contributed by atoms with E-state index >= 15 is 0 Å². The van der Waals surface area contributed by atoms with Crippen molar-refractivity contribution < 1.29 is 22.9 Å². The highest BCUT2D eigenvalue weighted by Gasteiger charge is 2.32. The molecule has 0 spiro atoms. The molecule has 0 bridgehead atoms. The van der Waals surface area contributed by atoms with Crippen molar-refractivity contribution in [2.45, 2.75) is 0 Å². The molecule has 2 aromatic rings. The van der Waals surface area contributed by atoms with Crippen molar-refractivity contribution in [3.05, 3.63) is 60.7 Å². The van der Waals surface area contributed by atoms with Gasteiger partial charge in [-0.1, -0.05) is 36.4 Å². The molecular formula is C13H11O5P. The molecule has 0 saturated carbocycles. The first-order chi connectivity index (χ1) is 9.22. The summed E-state index contributed by atoms with van der Waals surface area (Å²) in [4.78, 5) is 10.4. The van der Waals surface area contributed by atoms with Gasteiger partial charge in [0.2, 0.25) is 0 Å². The second kappa shape index (κ2) is 6.07. The third-order valence-electron chi connectivity index (χ3n) is 2.09. The highest BCUT2D eigenvalue weighted by molar-refractivity contribution is 7.49. The lowest BCUT2D eigenvalue weighted by Gasteiger charge is -2.16. The summed E-state index contributed by atoms with van der Waals surface area (Å²) >= 11 is 0. The van der Waals surface area contributed by atoms with Crippen LogP contribution >= 0.6 is 7.82 Å². The maximum atomic E-state index is 12.3. The van der Waals surface area contributed by atoms with Gasteiger partial charge in [-0.15, -0.1) is 0 Å². The Morgan fingerprint density at radius 2 is 1.21 bits per heavy atom. The van der Waals surface area contributed by atoms with Crippen LogP contribution in [0.4, 0.5) is 0 Å². The Morgan fingerprint density at radius 1 is 0.789 bits per heavy atom. The third kappa shape index (κ3) is 3.86. The first-order valence-electron chi connectivity index (χ1n) is 5.43. The van der Waals surface area contributed by atoms with Crippen LogP contribution < -0.4 is 9.05 Å². The van der Waals surface area contributed by atoms with Gasteiger partial charge >= 0.3 is 14.3 Å². The summed E-state index contributed by atoms with van der Waals surface area (Å²) in [7, 11) is -4.03. The van der Waals surface area contributed by atoms with Crippen LogP contribution in [-0.2, 0) is 13.9 Å². The largest absolute Gasteiger partial charge is 0.649 e. The van der Waals surface area contributed by atoms with Crippen LogP contribution in [0.5, 0.6) is 11.5 Å². The summed E-state index contributed by atoms with van der Waals surface area (Å²) in [6.07, 6.45) is 0. The number of benzene rings is 2. The lowest BCUT2D eigenvalue weighted by Crippen LogP contribution is -2.04. The summed E-state index contributed by atoms with van der Waals surface area (Å²) in [5.74, 6) is 0.562. The number of carbonyl (C=O) groups is 1. The van der Waals surface area contributed by atoms with Gasteiger partial charge in [0.1, 0.15) is 11.5 Å². The van der Waals surface area contributed by atoms with Crippen molar-refractivity contribution in [2.24, 2.45) is 0 Å². The zero-order valence-corrected chi connectivity index (χ0v) is 10.7. The summed E-state index contributed by atoms with van der Waals surface area (Å²) in [6, 6.07) is 16.7. The topological polar surface area (TPSA) is 61.8 Å². The van der Waals surface area contributed by atoms with E-state index in [1.807, 2.05) is 0 Å². The second-order valence-electron chi connectivity index (χ2n) is 3.46. The Balaban J connectivity index is 2.18. The van der Waals surface area contributed by atoms with E-state index < -0.39 is 7.82 Å². The average molecular weight is 278 g/mol. The molecule has 2 aromatic carbocycles. The molecule has 0 amide bonds. The molecule has 0 heterocycles. The van der Waals surface area contributed by atoms with E-state index in [0.29, 0.717) is 0 Å². The molecule has 0 aliphatic carbocycles. The quantitative estimate of drug-likeness (QED) is 0.598. The number of carbonyl (C=O) groups excluding carboxylic acids is 1. The predicted octanol–water partition coefficient (Wildman–Crippen LogP) is 3.43. The molecule has 0 radical (unpaired) electrons. The van der Waals surface area contributed by atoms with Gasteiger partial charge in [0, 0.05) is 0 Å². The Kier molecular flexibility index (Phi) is 4.21. The van der Waals surface area contributed by atoms with Gasteiger partial charge in [-0.2, -0.15) is 4.57 Å². The SMILES string of the molecule is O=COP(=O)(Oc1ccccc1)Oc1ccccc1. The number of hydrogen-bond donors (Lipinski definition) is 0. The molecule has 6 heteroatoms. The average Bonchev–Trinajstić information content (AvgIpc) is 2.41. The Labute approximate surface area is 110 Å². The van der Waals surface area contributed by atoms with Gasteiger partial charge in [-0.05, 0) is 24.3 Å². The number of phosphoric acid groups is 1. The first kappa shape index (κ1) is 13.2. The summed E-state index contributed by atoms with van der Waals surface area (Å²) in [5, 5.41) is 0. The molecular weight excluding hydrogens is 267 g/mol. The number of para-hydroxylation sites is 2.